The van der Waals surface area contributed by atoms with Crippen molar-refractivity contribution in [2.24, 2.45) is 0 Å². The Bertz CT molecular complexity index is 1260. The van der Waals surface area contributed by atoms with Gasteiger partial charge in [0.25, 0.3) is 10.0 Å². The van der Waals surface area contributed by atoms with Gasteiger partial charge in [-0.3, -0.25) is 4.79 Å². The summed E-state index contributed by atoms with van der Waals surface area (Å²) in [4.78, 5) is 24.5. The van der Waals surface area contributed by atoms with Crippen LogP contribution in [0.25, 0.3) is 10.3 Å². The molecule has 0 amide bonds. The van der Waals surface area contributed by atoms with Crippen LogP contribution in [0, 0.1) is 0 Å². The van der Waals surface area contributed by atoms with Crippen LogP contribution >= 0.6 is 34.3 Å². The Kier molecular flexibility index (Phi) is 5.58. The van der Waals surface area contributed by atoms with Crippen LogP contribution in [0.4, 0.5) is 18.3 Å². The largest absolute Gasteiger partial charge is 0.480 e. The molecule has 31 heavy (non-hydrogen) atoms. The third-order valence-electron chi connectivity index (χ3n) is 4.42. The number of thiophene rings is 1. The smallest absolute Gasteiger partial charge is 0.425 e. The first-order valence-electron chi connectivity index (χ1n) is 8.42. The number of thiazole rings is 1. The highest BCUT2D eigenvalue weighted by molar-refractivity contribution is 7.91. The van der Waals surface area contributed by atoms with Crippen molar-refractivity contribution >= 4 is 65.7 Å². The number of carboxylic acid groups (broad SMARTS) is 1. The molecule has 3 aromatic rings. The minimum Gasteiger partial charge on any atom is -0.480 e. The Hall–Kier alpha value is -2.07. The number of hydrogen-bond acceptors (Lipinski definition) is 9. The number of alkyl halides is 3. The van der Waals surface area contributed by atoms with E-state index in [1.165, 1.54) is 17.5 Å². The second kappa shape index (κ2) is 7.81. The summed E-state index contributed by atoms with van der Waals surface area (Å²) in [5.74, 6) is -1.43. The second-order valence-corrected chi connectivity index (χ2v) is 10.9. The topological polar surface area (TPSA) is 117 Å². The molecule has 16 heteroatoms. The fraction of sp³-hybridized carbons (Fsp3) is 0.333. The van der Waals surface area contributed by atoms with Crippen LogP contribution in [0.5, 0.6) is 0 Å². The molecule has 0 unspecified atom stereocenters. The Morgan fingerprint density at radius 3 is 2.61 bits per heavy atom. The van der Waals surface area contributed by atoms with E-state index in [1.807, 2.05) is 0 Å². The SMILES string of the molecule is O=C(O)[C@H]1CN(c2nc3nc(Cl)ncc3s2)CCN1S(=O)(=O)c1ccc(C(F)(F)F)s1. The number of rotatable bonds is 4. The molecule has 0 spiro atoms. The minimum atomic E-state index is -4.69. The summed E-state index contributed by atoms with van der Waals surface area (Å²) in [5.41, 5.74) is 0.320. The maximum atomic E-state index is 12.9. The van der Waals surface area contributed by atoms with Gasteiger partial charge in [0.05, 0.1) is 10.9 Å². The molecule has 3 aromatic heterocycles. The second-order valence-electron chi connectivity index (χ2n) is 6.36. The van der Waals surface area contributed by atoms with E-state index >= 15 is 0 Å². The van der Waals surface area contributed by atoms with Crippen LogP contribution < -0.4 is 4.90 Å². The van der Waals surface area contributed by atoms with Crippen LogP contribution in [-0.2, 0) is 21.0 Å². The Morgan fingerprint density at radius 1 is 1.23 bits per heavy atom. The van der Waals surface area contributed by atoms with Gasteiger partial charge < -0.3 is 10.0 Å². The number of aliphatic carboxylic acids is 1. The van der Waals surface area contributed by atoms with E-state index in [2.05, 4.69) is 15.0 Å². The van der Waals surface area contributed by atoms with Gasteiger partial charge in [-0.05, 0) is 23.7 Å². The number of anilines is 1. The molecule has 9 nitrogen and oxygen atoms in total. The molecule has 0 bridgehead atoms. The summed E-state index contributed by atoms with van der Waals surface area (Å²) >= 11 is 6.99. The summed E-state index contributed by atoms with van der Waals surface area (Å²) in [6, 6.07) is -0.0159. The molecule has 1 aliphatic rings. The third kappa shape index (κ3) is 4.19. The van der Waals surface area contributed by atoms with Gasteiger partial charge >= 0.3 is 12.1 Å². The molecule has 0 saturated carbocycles. The van der Waals surface area contributed by atoms with E-state index in [1.54, 1.807) is 4.90 Å². The van der Waals surface area contributed by atoms with Gasteiger partial charge in [-0.15, -0.1) is 11.3 Å². The average molecular weight is 514 g/mol. The van der Waals surface area contributed by atoms with Crippen LogP contribution in [0.15, 0.2) is 22.5 Å². The van der Waals surface area contributed by atoms with E-state index in [0.717, 1.165) is 6.07 Å². The van der Waals surface area contributed by atoms with Crippen molar-refractivity contribution in [3.8, 4) is 0 Å². The van der Waals surface area contributed by atoms with E-state index in [0.29, 0.717) is 25.9 Å². The summed E-state index contributed by atoms with van der Waals surface area (Å²) in [5, 5.41) is 10.0. The molecule has 1 N–H and O–H groups in total. The molecule has 0 aromatic carbocycles. The lowest BCUT2D eigenvalue weighted by molar-refractivity contribution is -0.141. The average Bonchev–Trinajstić information content (AvgIpc) is 3.34. The standard InChI is InChI=1S/C15H11ClF3N5O4S3/c16-13-20-5-8-11(21-13)22-14(29-8)23-3-4-24(7(6-23)12(25)26)31(27,28)10-2-1-9(30-10)15(17,18)19/h1-2,5,7H,3-4,6H2,(H,25,26)/t7-/m1/s1. The van der Waals surface area contributed by atoms with Crippen LogP contribution in [0.1, 0.15) is 4.88 Å². The van der Waals surface area contributed by atoms with Gasteiger partial charge in [0, 0.05) is 19.6 Å². The molecule has 166 valence electrons. The van der Waals surface area contributed by atoms with Gasteiger partial charge in [-0.1, -0.05) is 11.3 Å². The zero-order valence-electron chi connectivity index (χ0n) is 15.1. The number of aromatic nitrogens is 3. The first-order valence-corrected chi connectivity index (χ1v) is 11.9. The highest BCUT2D eigenvalue weighted by atomic mass is 35.5. The number of fused-ring (bicyclic) bond motifs is 1. The minimum absolute atomic E-state index is 0.00199. The molecular weight excluding hydrogens is 503 g/mol. The lowest BCUT2D eigenvalue weighted by atomic mass is 10.2. The maximum absolute atomic E-state index is 12.9. The Balaban J connectivity index is 1.62. The third-order valence-corrected chi connectivity index (χ3v) is 9.15. The van der Waals surface area contributed by atoms with Crippen LogP contribution in [0.3, 0.4) is 0 Å². The van der Waals surface area contributed by atoms with E-state index in [-0.39, 0.29) is 36.3 Å². The van der Waals surface area contributed by atoms with Crippen molar-refractivity contribution in [2.75, 3.05) is 24.5 Å². The van der Waals surface area contributed by atoms with Gasteiger partial charge in [-0.2, -0.15) is 27.4 Å². The molecule has 1 saturated heterocycles. The quantitative estimate of drug-likeness (QED) is 0.529. The van der Waals surface area contributed by atoms with E-state index < -0.39 is 37.3 Å². The molecule has 1 atom stereocenters. The van der Waals surface area contributed by atoms with Crippen molar-refractivity contribution in [1.82, 2.24) is 19.3 Å². The van der Waals surface area contributed by atoms with E-state index in [4.69, 9.17) is 11.6 Å². The number of nitrogens with zero attached hydrogens (tertiary/aromatic N) is 5. The van der Waals surface area contributed by atoms with Gasteiger partial charge in [0.2, 0.25) is 5.28 Å². The molecule has 4 rings (SSSR count). The van der Waals surface area contributed by atoms with Crippen LogP contribution in [-0.4, -0.2) is 64.4 Å². The number of hydrogen-bond donors (Lipinski definition) is 1. The predicted octanol–water partition coefficient (Wildman–Crippen LogP) is 2.78. The first-order chi connectivity index (χ1) is 14.5. The van der Waals surface area contributed by atoms with Gasteiger partial charge in [0.1, 0.15) is 15.1 Å². The molecule has 1 aliphatic heterocycles. The zero-order valence-corrected chi connectivity index (χ0v) is 18.3. The Morgan fingerprint density at radius 2 is 1.97 bits per heavy atom. The number of carbonyl (C=O) groups is 1. The maximum Gasteiger partial charge on any atom is 0.425 e. The highest BCUT2D eigenvalue weighted by Crippen LogP contribution is 2.38. The summed E-state index contributed by atoms with van der Waals surface area (Å²) in [6.07, 6.45) is -3.22. The van der Waals surface area contributed by atoms with E-state index in [9.17, 15) is 31.5 Å². The lowest BCUT2D eigenvalue weighted by Crippen LogP contribution is -2.58. The van der Waals surface area contributed by atoms with Crippen molar-refractivity contribution < 1.29 is 31.5 Å². The summed E-state index contributed by atoms with van der Waals surface area (Å²) in [6.45, 7) is -0.407. The Labute approximate surface area is 185 Å². The fourth-order valence-electron chi connectivity index (χ4n) is 3.00. The molecule has 0 aliphatic carbocycles. The normalized spacial score (nSPS) is 18.6. The number of sulfonamides is 1. The van der Waals surface area contributed by atoms with Crippen molar-refractivity contribution in [3.05, 3.63) is 28.5 Å². The van der Waals surface area contributed by atoms with Gasteiger partial charge in [-0.25, -0.2) is 13.4 Å². The number of piperazine rings is 1. The monoisotopic (exact) mass is 513 g/mol. The fourth-order valence-corrected chi connectivity index (χ4v) is 6.90. The lowest BCUT2D eigenvalue weighted by Gasteiger charge is -2.37. The van der Waals surface area contributed by atoms with Crippen molar-refractivity contribution in [3.63, 3.8) is 0 Å². The summed E-state index contributed by atoms with van der Waals surface area (Å²) < 4.78 is 65.2. The number of carboxylic acids is 1. The highest BCUT2D eigenvalue weighted by Gasteiger charge is 2.42. The van der Waals surface area contributed by atoms with Crippen molar-refractivity contribution in [1.29, 1.82) is 0 Å². The first kappa shape index (κ1) is 22.1. The van der Waals surface area contributed by atoms with Crippen LogP contribution in [0.2, 0.25) is 5.28 Å². The predicted molar refractivity (Wildman–Crippen MR) is 107 cm³/mol. The molecule has 0 radical (unpaired) electrons. The zero-order chi connectivity index (χ0) is 22.6. The van der Waals surface area contributed by atoms with Gasteiger partial charge in [0.15, 0.2) is 10.8 Å². The molecule has 4 heterocycles. The number of halogens is 4. The van der Waals surface area contributed by atoms with Crippen molar-refractivity contribution in [2.45, 2.75) is 16.4 Å². The molecule has 1 fully saturated rings. The molecular formula is C15H11ClF3N5O4S3. The summed E-state index contributed by atoms with van der Waals surface area (Å²) in [7, 11) is -4.44.